The first-order valence-electron chi connectivity index (χ1n) is 10.7. The Balaban J connectivity index is 1.37. The fourth-order valence-electron chi connectivity index (χ4n) is 3.98. The molecule has 162 valence electrons. The first-order chi connectivity index (χ1) is 15.7. The lowest BCUT2D eigenvalue weighted by Gasteiger charge is -2.15. The van der Waals surface area contributed by atoms with Crippen molar-refractivity contribution in [3.05, 3.63) is 89.5 Å². The lowest BCUT2D eigenvalue weighted by molar-refractivity contribution is 0.0793. The van der Waals surface area contributed by atoms with E-state index in [1.165, 1.54) is 12.1 Å². The van der Waals surface area contributed by atoms with Crippen LogP contribution in [0, 0.1) is 5.82 Å². The maximum absolute atomic E-state index is 13.2. The van der Waals surface area contributed by atoms with Crippen molar-refractivity contribution in [3.8, 4) is 0 Å². The van der Waals surface area contributed by atoms with Gasteiger partial charge in [0, 0.05) is 30.6 Å². The van der Waals surface area contributed by atoms with Gasteiger partial charge in [-0.3, -0.25) is 9.78 Å². The van der Waals surface area contributed by atoms with Crippen LogP contribution in [-0.4, -0.2) is 38.4 Å². The molecule has 2 aromatic heterocycles. The van der Waals surface area contributed by atoms with Crippen molar-refractivity contribution in [2.45, 2.75) is 30.3 Å². The Morgan fingerprint density at radius 2 is 1.69 bits per heavy atom. The summed E-state index contributed by atoms with van der Waals surface area (Å²) in [4.78, 5) is 23.6. The average molecular weight is 447 g/mol. The van der Waals surface area contributed by atoms with Gasteiger partial charge in [0.05, 0.1) is 23.8 Å². The first kappa shape index (κ1) is 20.7. The van der Waals surface area contributed by atoms with Crippen molar-refractivity contribution in [3.63, 3.8) is 0 Å². The third kappa shape index (κ3) is 4.39. The molecule has 2 aromatic carbocycles. The number of nitrogens with zero attached hydrogens (tertiary/aromatic N) is 4. The molecular formula is C25H23FN4OS. The molecule has 4 aromatic rings. The molecule has 0 aliphatic carbocycles. The van der Waals surface area contributed by atoms with Crippen LogP contribution in [0.2, 0.25) is 0 Å². The van der Waals surface area contributed by atoms with Crippen molar-refractivity contribution in [1.82, 2.24) is 19.4 Å². The number of rotatable bonds is 6. The maximum atomic E-state index is 13.2. The number of hydrogen-bond acceptors (Lipinski definition) is 4. The number of pyridine rings is 1. The minimum Gasteiger partial charge on any atom is -0.339 e. The van der Waals surface area contributed by atoms with Gasteiger partial charge in [-0.25, -0.2) is 9.37 Å². The molecule has 0 atom stereocenters. The third-order valence-electron chi connectivity index (χ3n) is 5.73. The van der Waals surface area contributed by atoms with E-state index in [9.17, 15) is 9.18 Å². The summed E-state index contributed by atoms with van der Waals surface area (Å²) in [6.45, 7) is 2.33. The summed E-state index contributed by atoms with van der Waals surface area (Å²) in [5.74, 6) is 0.575. The van der Waals surface area contributed by atoms with E-state index in [1.807, 2.05) is 41.4 Å². The van der Waals surface area contributed by atoms with Gasteiger partial charge in [-0.2, -0.15) is 0 Å². The Bertz CT molecular complexity index is 1230. The summed E-state index contributed by atoms with van der Waals surface area (Å²) >= 11 is 1.62. The molecule has 1 amide bonds. The Hall–Kier alpha value is -3.19. The molecule has 7 heteroatoms. The number of carbonyl (C=O) groups excluding carboxylic acids is 1. The van der Waals surface area contributed by atoms with Crippen molar-refractivity contribution in [2.24, 2.45) is 0 Å². The van der Waals surface area contributed by atoms with E-state index in [2.05, 4.69) is 9.55 Å². The van der Waals surface area contributed by atoms with Gasteiger partial charge in [0.1, 0.15) is 5.82 Å². The maximum Gasteiger partial charge on any atom is 0.253 e. The zero-order valence-corrected chi connectivity index (χ0v) is 18.4. The Labute approximate surface area is 190 Å². The molecule has 3 heterocycles. The highest BCUT2D eigenvalue weighted by Gasteiger charge is 2.19. The van der Waals surface area contributed by atoms with Crippen molar-refractivity contribution in [2.75, 3.05) is 13.1 Å². The minimum absolute atomic E-state index is 0.113. The van der Waals surface area contributed by atoms with Crippen molar-refractivity contribution in [1.29, 1.82) is 0 Å². The molecule has 0 N–H and O–H groups in total. The molecule has 0 bridgehead atoms. The summed E-state index contributed by atoms with van der Waals surface area (Å²) in [7, 11) is 0. The van der Waals surface area contributed by atoms with Gasteiger partial charge < -0.3 is 9.47 Å². The number of thioether (sulfide) groups is 1. The van der Waals surface area contributed by atoms with Gasteiger partial charge >= 0.3 is 0 Å². The molecule has 0 spiro atoms. The SMILES string of the molecule is O=C(c1ccc(Cn2c(SCc3ccc(F)cc3)nc3ccncc32)cc1)N1CCCC1. The van der Waals surface area contributed by atoms with E-state index in [0.717, 1.165) is 58.8 Å². The zero-order chi connectivity index (χ0) is 21.9. The highest BCUT2D eigenvalue weighted by molar-refractivity contribution is 7.98. The highest BCUT2D eigenvalue weighted by atomic mass is 32.2. The second-order valence-electron chi connectivity index (χ2n) is 7.96. The molecule has 32 heavy (non-hydrogen) atoms. The standard InChI is InChI=1S/C25H23FN4OS/c26-21-9-5-19(6-10-21)17-32-25-28-22-11-12-27-15-23(22)30(25)16-18-3-7-20(8-4-18)24(31)29-13-1-2-14-29/h3-12,15H,1-2,13-14,16-17H2. The van der Waals surface area contributed by atoms with E-state index in [0.29, 0.717) is 12.3 Å². The van der Waals surface area contributed by atoms with Gasteiger partial charge in [-0.1, -0.05) is 36.0 Å². The minimum atomic E-state index is -0.233. The second kappa shape index (κ2) is 9.12. The van der Waals surface area contributed by atoms with E-state index in [1.54, 1.807) is 30.1 Å². The smallest absolute Gasteiger partial charge is 0.253 e. The van der Waals surface area contributed by atoms with Crippen LogP contribution in [0.5, 0.6) is 0 Å². The molecule has 0 radical (unpaired) electrons. The number of aromatic nitrogens is 3. The fourth-order valence-corrected chi connectivity index (χ4v) is 4.95. The molecule has 5 nitrogen and oxygen atoms in total. The number of benzene rings is 2. The zero-order valence-electron chi connectivity index (χ0n) is 17.6. The molecule has 0 saturated carbocycles. The van der Waals surface area contributed by atoms with Crippen molar-refractivity contribution >= 4 is 28.7 Å². The van der Waals surface area contributed by atoms with Crippen LogP contribution in [0.25, 0.3) is 11.0 Å². The van der Waals surface area contributed by atoms with Crippen LogP contribution in [0.15, 0.2) is 72.1 Å². The quantitative estimate of drug-likeness (QED) is 0.385. The second-order valence-corrected chi connectivity index (χ2v) is 8.90. The summed E-state index contributed by atoms with van der Waals surface area (Å²) in [6.07, 6.45) is 5.75. The monoisotopic (exact) mass is 446 g/mol. The highest BCUT2D eigenvalue weighted by Crippen LogP contribution is 2.27. The van der Waals surface area contributed by atoms with Crippen LogP contribution in [0.3, 0.4) is 0 Å². The van der Waals surface area contributed by atoms with Gasteiger partial charge in [-0.15, -0.1) is 0 Å². The van der Waals surface area contributed by atoms with Crippen molar-refractivity contribution < 1.29 is 9.18 Å². The summed E-state index contributed by atoms with van der Waals surface area (Å²) in [6, 6.07) is 16.3. The van der Waals surface area contributed by atoms with Crippen LogP contribution >= 0.6 is 11.8 Å². The molecule has 1 aliphatic rings. The number of likely N-dealkylation sites (tertiary alicyclic amines) is 1. The Kier molecular flexibility index (Phi) is 5.90. The summed E-state index contributed by atoms with van der Waals surface area (Å²) in [5, 5.41) is 0.884. The topological polar surface area (TPSA) is 51.0 Å². The number of amides is 1. The number of hydrogen-bond donors (Lipinski definition) is 0. The molecule has 5 rings (SSSR count). The average Bonchev–Trinajstić information content (AvgIpc) is 3.48. The molecule has 0 unspecified atom stereocenters. The Morgan fingerprint density at radius 1 is 0.969 bits per heavy atom. The molecule has 1 saturated heterocycles. The predicted octanol–water partition coefficient (Wildman–Crippen LogP) is 5.15. The third-order valence-corrected chi connectivity index (χ3v) is 6.78. The molecule has 1 aliphatic heterocycles. The largest absolute Gasteiger partial charge is 0.339 e. The number of fused-ring (bicyclic) bond motifs is 1. The van der Waals surface area contributed by atoms with Crippen LogP contribution in [0.1, 0.15) is 34.3 Å². The number of carbonyl (C=O) groups is 1. The van der Waals surface area contributed by atoms with Crippen LogP contribution in [0.4, 0.5) is 4.39 Å². The predicted molar refractivity (Wildman–Crippen MR) is 124 cm³/mol. The number of imidazole rings is 1. The lowest BCUT2D eigenvalue weighted by Crippen LogP contribution is -2.27. The van der Waals surface area contributed by atoms with Crippen LogP contribution in [-0.2, 0) is 12.3 Å². The van der Waals surface area contributed by atoms with Crippen LogP contribution < -0.4 is 0 Å². The van der Waals surface area contributed by atoms with E-state index < -0.39 is 0 Å². The fraction of sp³-hybridized carbons (Fsp3) is 0.240. The van der Waals surface area contributed by atoms with Gasteiger partial charge in [0.2, 0.25) is 0 Å². The Morgan fingerprint density at radius 3 is 2.44 bits per heavy atom. The summed E-state index contributed by atoms with van der Waals surface area (Å²) < 4.78 is 15.4. The van der Waals surface area contributed by atoms with Gasteiger partial charge in [0.25, 0.3) is 5.91 Å². The first-order valence-corrected chi connectivity index (χ1v) is 11.7. The molecule has 1 fully saturated rings. The van der Waals surface area contributed by atoms with E-state index in [4.69, 9.17) is 4.98 Å². The normalized spacial score (nSPS) is 13.7. The van der Waals surface area contributed by atoms with E-state index in [-0.39, 0.29) is 11.7 Å². The molecular weight excluding hydrogens is 423 g/mol. The number of halogens is 1. The summed E-state index contributed by atoms with van der Waals surface area (Å²) in [5.41, 5.74) is 4.72. The van der Waals surface area contributed by atoms with E-state index >= 15 is 0 Å². The lowest BCUT2D eigenvalue weighted by atomic mass is 10.1. The van der Waals surface area contributed by atoms with Gasteiger partial charge in [0.15, 0.2) is 5.16 Å². The van der Waals surface area contributed by atoms with Gasteiger partial charge in [-0.05, 0) is 54.3 Å².